The molecular formula is C19H17ClN2O3S. The van der Waals surface area contributed by atoms with E-state index in [0.717, 1.165) is 21.5 Å². The number of hydrogen-bond donors (Lipinski definition) is 1. The van der Waals surface area contributed by atoms with Crippen LogP contribution in [0.3, 0.4) is 0 Å². The lowest BCUT2D eigenvalue weighted by Gasteiger charge is -2.23. The monoisotopic (exact) mass is 388 g/mol. The molecule has 26 heavy (non-hydrogen) atoms. The SMILES string of the molecule is O=C(NCC1COCCO1)c1cc(-c2ccc(Cl)s2)nc2ccccc12. The van der Waals surface area contributed by atoms with Crippen LogP contribution in [0.4, 0.5) is 0 Å². The molecular weight excluding hydrogens is 372 g/mol. The minimum Gasteiger partial charge on any atom is -0.376 e. The number of halogens is 1. The van der Waals surface area contributed by atoms with Crippen LogP contribution in [-0.2, 0) is 9.47 Å². The largest absolute Gasteiger partial charge is 0.376 e. The van der Waals surface area contributed by atoms with E-state index in [-0.39, 0.29) is 12.0 Å². The van der Waals surface area contributed by atoms with Crippen molar-refractivity contribution in [1.29, 1.82) is 0 Å². The quantitative estimate of drug-likeness (QED) is 0.739. The van der Waals surface area contributed by atoms with Crippen LogP contribution >= 0.6 is 22.9 Å². The summed E-state index contributed by atoms with van der Waals surface area (Å²) < 4.78 is 11.6. The molecule has 0 radical (unpaired) electrons. The number of para-hydroxylation sites is 1. The highest BCUT2D eigenvalue weighted by Gasteiger charge is 2.18. The number of amides is 1. The van der Waals surface area contributed by atoms with Crippen molar-refractivity contribution in [1.82, 2.24) is 10.3 Å². The van der Waals surface area contributed by atoms with Crippen molar-refractivity contribution in [3.05, 3.63) is 52.4 Å². The fraction of sp³-hybridized carbons (Fsp3) is 0.263. The normalized spacial score (nSPS) is 17.3. The zero-order valence-corrected chi connectivity index (χ0v) is 15.5. The summed E-state index contributed by atoms with van der Waals surface area (Å²) in [6.45, 7) is 2.07. The summed E-state index contributed by atoms with van der Waals surface area (Å²) in [4.78, 5) is 18.4. The number of carbonyl (C=O) groups excluding carboxylic acids is 1. The fourth-order valence-electron chi connectivity index (χ4n) is 2.90. The number of ether oxygens (including phenoxy) is 2. The van der Waals surface area contributed by atoms with Gasteiger partial charge in [0.15, 0.2) is 0 Å². The predicted octanol–water partition coefficient (Wildman–Crippen LogP) is 3.76. The summed E-state index contributed by atoms with van der Waals surface area (Å²) in [5, 5.41) is 3.77. The molecule has 1 aliphatic rings. The number of pyridine rings is 1. The molecule has 0 aliphatic carbocycles. The van der Waals surface area contributed by atoms with Gasteiger partial charge in [-0.05, 0) is 24.3 Å². The minimum atomic E-state index is -0.151. The van der Waals surface area contributed by atoms with E-state index in [9.17, 15) is 4.79 Å². The Morgan fingerprint density at radius 3 is 2.92 bits per heavy atom. The average Bonchev–Trinajstić information content (AvgIpc) is 3.12. The van der Waals surface area contributed by atoms with E-state index in [1.54, 1.807) is 0 Å². The molecule has 0 spiro atoms. The van der Waals surface area contributed by atoms with E-state index in [1.165, 1.54) is 11.3 Å². The van der Waals surface area contributed by atoms with E-state index < -0.39 is 0 Å². The second-order valence-electron chi connectivity index (χ2n) is 5.95. The Hall–Kier alpha value is -1.99. The van der Waals surface area contributed by atoms with E-state index in [4.69, 9.17) is 21.1 Å². The van der Waals surface area contributed by atoms with Crippen molar-refractivity contribution in [3.8, 4) is 10.6 Å². The van der Waals surface area contributed by atoms with Gasteiger partial charge in [0, 0.05) is 11.9 Å². The first-order valence-electron chi connectivity index (χ1n) is 8.34. The highest BCUT2D eigenvalue weighted by Crippen LogP contribution is 2.32. The summed E-state index contributed by atoms with van der Waals surface area (Å²) in [5.41, 5.74) is 2.10. The molecule has 1 fully saturated rings. The number of nitrogens with one attached hydrogen (secondary N) is 1. The Balaban J connectivity index is 1.64. The van der Waals surface area contributed by atoms with Gasteiger partial charge in [-0.15, -0.1) is 11.3 Å². The lowest BCUT2D eigenvalue weighted by Crippen LogP contribution is -2.39. The van der Waals surface area contributed by atoms with E-state index in [2.05, 4.69) is 10.3 Å². The predicted molar refractivity (Wildman–Crippen MR) is 103 cm³/mol. The van der Waals surface area contributed by atoms with Crippen LogP contribution in [0.1, 0.15) is 10.4 Å². The maximum absolute atomic E-state index is 12.8. The Kier molecular flexibility index (Phi) is 5.17. The molecule has 1 amide bonds. The van der Waals surface area contributed by atoms with Crippen molar-refractivity contribution in [2.75, 3.05) is 26.4 Å². The molecule has 3 heterocycles. The molecule has 1 N–H and O–H groups in total. The molecule has 7 heteroatoms. The van der Waals surface area contributed by atoms with E-state index in [1.807, 2.05) is 42.5 Å². The third-order valence-corrected chi connectivity index (χ3v) is 5.42. The van der Waals surface area contributed by atoms with Gasteiger partial charge in [0.2, 0.25) is 0 Å². The molecule has 0 bridgehead atoms. The highest BCUT2D eigenvalue weighted by molar-refractivity contribution is 7.19. The summed E-state index contributed by atoms with van der Waals surface area (Å²) >= 11 is 7.49. The topological polar surface area (TPSA) is 60.5 Å². The number of hydrogen-bond acceptors (Lipinski definition) is 5. The Morgan fingerprint density at radius 1 is 1.27 bits per heavy atom. The maximum Gasteiger partial charge on any atom is 0.252 e. The van der Waals surface area contributed by atoms with Crippen LogP contribution in [0, 0.1) is 0 Å². The van der Waals surface area contributed by atoms with E-state index >= 15 is 0 Å². The summed E-state index contributed by atoms with van der Waals surface area (Å²) in [6.07, 6.45) is -0.114. The molecule has 1 atom stereocenters. The summed E-state index contributed by atoms with van der Waals surface area (Å²) in [7, 11) is 0. The van der Waals surface area contributed by atoms with Gasteiger partial charge in [-0.1, -0.05) is 29.8 Å². The van der Waals surface area contributed by atoms with Crippen molar-refractivity contribution >= 4 is 39.7 Å². The Bertz CT molecular complexity index is 937. The van der Waals surface area contributed by atoms with Gasteiger partial charge >= 0.3 is 0 Å². The zero-order valence-electron chi connectivity index (χ0n) is 13.9. The third-order valence-electron chi connectivity index (χ3n) is 4.16. The zero-order chi connectivity index (χ0) is 17.9. The number of rotatable bonds is 4. The molecule has 134 valence electrons. The minimum absolute atomic E-state index is 0.114. The first kappa shape index (κ1) is 17.4. The lowest BCUT2D eigenvalue weighted by molar-refractivity contribution is -0.0855. The Morgan fingerprint density at radius 2 is 2.15 bits per heavy atom. The summed E-state index contributed by atoms with van der Waals surface area (Å²) in [5.74, 6) is -0.151. The molecule has 1 aliphatic heterocycles. The van der Waals surface area contributed by atoms with Crippen molar-refractivity contribution in [3.63, 3.8) is 0 Å². The van der Waals surface area contributed by atoms with Gasteiger partial charge in [0.25, 0.3) is 5.91 Å². The molecule has 4 rings (SSSR count). The van der Waals surface area contributed by atoms with Gasteiger partial charge in [-0.2, -0.15) is 0 Å². The Labute approximate surface area is 159 Å². The molecule has 1 aromatic carbocycles. The van der Waals surface area contributed by atoms with Crippen LogP contribution in [-0.4, -0.2) is 43.4 Å². The van der Waals surface area contributed by atoms with Crippen LogP contribution in [0.2, 0.25) is 4.34 Å². The lowest BCUT2D eigenvalue weighted by atomic mass is 10.1. The average molecular weight is 389 g/mol. The van der Waals surface area contributed by atoms with E-state index in [0.29, 0.717) is 36.3 Å². The van der Waals surface area contributed by atoms with Crippen LogP contribution < -0.4 is 5.32 Å². The maximum atomic E-state index is 12.8. The molecule has 1 saturated heterocycles. The van der Waals surface area contributed by atoms with Crippen molar-refractivity contribution < 1.29 is 14.3 Å². The van der Waals surface area contributed by atoms with Gasteiger partial charge in [0.1, 0.15) is 0 Å². The highest BCUT2D eigenvalue weighted by atomic mass is 35.5. The number of benzene rings is 1. The van der Waals surface area contributed by atoms with Crippen LogP contribution in [0.15, 0.2) is 42.5 Å². The van der Waals surface area contributed by atoms with Crippen LogP contribution in [0.5, 0.6) is 0 Å². The third kappa shape index (κ3) is 3.73. The van der Waals surface area contributed by atoms with Gasteiger partial charge < -0.3 is 14.8 Å². The van der Waals surface area contributed by atoms with Crippen molar-refractivity contribution in [2.45, 2.75) is 6.10 Å². The summed E-state index contributed by atoms with van der Waals surface area (Å²) in [6, 6.07) is 13.2. The van der Waals surface area contributed by atoms with Gasteiger partial charge in [-0.3, -0.25) is 4.79 Å². The molecule has 5 nitrogen and oxygen atoms in total. The number of fused-ring (bicyclic) bond motifs is 1. The fourth-order valence-corrected chi connectivity index (χ4v) is 3.90. The second kappa shape index (κ2) is 7.72. The van der Waals surface area contributed by atoms with Crippen LogP contribution in [0.25, 0.3) is 21.5 Å². The second-order valence-corrected chi connectivity index (χ2v) is 7.67. The van der Waals surface area contributed by atoms with Gasteiger partial charge in [0.05, 0.1) is 51.9 Å². The number of carbonyl (C=O) groups is 1. The van der Waals surface area contributed by atoms with Gasteiger partial charge in [-0.25, -0.2) is 4.98 Å². The first-order valence-corrected chi connectivity index (χ1v) is 9.53. The number of aromatic nitrogens is 1. The molecule has 2 aromatic heterocycles. The molecule has 1 unspecified atom stereocenters. The standard InChI is InChI=1S/C19H17ClN2O3S/c20-18-6-5-17(26-18)16-9-14(13-3-1-2-4-15(13)22-16)19(23)21-10-12-11-24-7-8-25-12/h1-6,9,12H,7-8,10-11H2,(H,21,23). The van der Waals surface area contributed by atoms with Crippen molar-refractivity contribution in [2.24, 2.45) is 0 Å². The smallest absolute Gasteiger partial charge is 0.252 e. The molecule has 3 aromatic rings. The molecule has 0 saturated carbocycles. The first-order chi connectivity index (χ1) is 12.7. The number of nitrogens with zero attached hydrogens (tertiary/aromatic N) is 1. The number of thiophene rings is 1.